The predicted molar refractivity (Wildman–Crippen MR) is 138 cm³/mol. The summed E-state index contributed by atoms with van der Waals surface area (Å²) in [5, 5.41) is 6.91. The van der Waals surface area contributed by atoms with Gasteiger partial charge in [-0.25, -0.2) is 8.42 Å². The van der Waals surface area contributed by atoms with Crippen LogP contribution in [0.4, 0.5) is 0 Å². The highest BCUT2D eigenvalue weighted by atomic mass is 79.9. The van der Waals surface area contributed by atoms with Gasteiger partial charge in [-0.15, -0.1) is 0 Å². The van der Waals surface area contributed by atoms with Crippen LogP contribution < -0.4 is 10.6 Å². The fraction of sp³-hybridized carbons (Fsp3) is 0.480. The number of amides is 1. The standard InChI is InChI=1S/C25H34BrN3O4S/c1-27-25(13-7-4-8-14-25)24(30)28-17-19-11-12-21(20(15-19)16-26)22-9-5-6-10-23(22)34(31,32)29(2)18-33-3/h5-6,9-12,15,27H,4,7-8,13-14,16-18H2,1-3H3,(H,28,30). The van der Waals surface area contributed by atoms with E-state index in [1.165, 1.54) is 24.9 Å². The Balaban J connectivity index is 1.86. The number of carbonyl (C=O) groups is 1. The highest BCUT2D eigenvalue weighted by molar-refractivity contribution is 9.08. The van der Waals surface area contributed by atoms with E-state index in [2.05, 4.69) is 26.6 Å². The highest BCUT2D eigenvalue weighted by Gasteiger charge is 2.37. The molecule has 0 aromatic heterocycles. The van der Waals surface area contributed by atoms with Gasteiger partial charge >= 0.3 is 0 Å². The molecule has 1 fully saturated rings. The van der Waals surface area contributed by atoms with Crippen LogP contribution in [0.1, 0.15) is 43.2 Å². The number of hydrogen-bond donors (Lipinski definition) is 2. The maximum atomic E-state index is 13.1. The van der Waals surface area contributed by atoms with Gasteiger partial charge in [0.25, 0.3) is 0 Å². The summed E-state index contributed by atoms with van der Waals surface area (Å²) in [5.41, 5.74) is 2.89. The Bertz CT molecular complexity index is 1100. The number of halogens is 1. The van der Waals surface area contributed by atoms with Crippen molar-refractivity contribution < 1.29 is 17.9 Å². The van der Waals surface area contributed by atoms with E-state index in [4.69, 9.17) is 4.74 Å². The van der Waals surface area contributed by atoms with E-state index < -0.39 is 15.6 Å². The van der Waals surface area contributed by atoms with Crippen LogP contribution in [0, 0.1) is 0 Å². The van der Waals surface area contributed by atoms with Crippen molar-refractivity contribution in [1.82, 2.24) is 14.9 Å². The monoisotopic (exact) mass is 551 g/mol. The lowest BCUT2D eigenvalue weighted by atomic mass is 9.81. The van der Waals surface area contributed by atoms with Crippen molar-refractivity contribution in [3.8, 4) is 11.1 Å². The molecule has 1 saturated carbocycles. The van der Waals surface area contributed by atoms with E-state index in [1.807, 2.05) is 37.4 Å². The van der Waals surface area contributed by atoms with Gasteiger partial charge < -0.3 is 15.4 Å². The summed E-state index contributed by atoms with van der Waals surface area (Å²) in [6.07, 6.45) is 4.98. The lowest BCUT2D eigenvalue weighted by molar-refractivity contribution is -0.129. The normalized spacial score (nSPS) is 15.9. The molecule has 0 saturated heterocycles. The van der Waals surface area contributed by atoms with Crippen LogP contribution in [0.2, 0.25) is 0 Å². The van der Waals surface area contributed by atoms with E-state index in [-0.39, 0.29) is 17.5 Å². The third-order valence-corrected chi connectivity index (χ3v) is 9.01. The molecule has 1 amide bonds. The number of alkyl halides is 1. The Hall–Kier alpha value is -1.78. The number of hydrogen-bond acceptors (Lipinski definition) is 5. The first-order valence-corrected chi connectivity index (χ1v) is 14.0. The lowest BCUT2D eigenvalue weighted by Crippen LogP contribution is -2.56. The average molecular weight is 553 g/mol. The molecule has 2 aromatic carbocycles. The smallest absolute Gasteiger partial charge is 0.245 e. The van der Waals surface area contributed by atoms with E-state index in [0.29, 0.717) is 17.4 Å². The third kappa shape index (κ3) is 5.71. The SMILES string of the molecule is CNC1(C(=O)NCc2ccc(-c3ccccc3S(=O)(=O)N(C)COC)c(CBr)c2)CCCCC1. The number of sulfonamides is 1. The summed E-state index contributed by atoms with van der Waals surface area (Å²) >= 11 is 3.55. The van der Waals surface area contributed by atoms with Gasteiger partial charge in [0.15, 0.2) is 0 Å². The topological polar surface area (TPSA) is 87.7 Å². The zero-order valence-electron chi connectivity index (χ0n) is 20.1. The van der Waals surface area contributed by atoms with Crippen LogP contribution in [-0.4, -0.2) is 52.1 Å². The summed E-state index contributed by atoms with van der Waals surface area (Å²) in [6, 6.07) is 12.9. The van der Waals surface area contributed by atoms with Gasteiger partial charge in [-0.3, -0.25) is 4.79 Å². The summed E-state index contributed by atoms with van der Waals surface area (Å²) < 4.78 is 32.5. The van der Waals surface area contributed by atoms with Gasteiger partial charge in [0.1, 0.15) is 6.73 Å². The Morgan fingerprint density at radius 3 is 2.47 bits per heavy atom. The zero-order valence-corrected chi connectivity index (χ0v) is 22.5. The molecule has 0 atom stereocenters. The Morgan fingerprint density at radius 1 is 1.12 bits per heavy atom. The third-order valence-electron chi connectivity index (χ3n) is 6.56. The van der Waals surface area contributed by atoms with Gasteiger partial charge in [-0.05, 0) is 42.6 Å². The molecule has 186 valence electrons. The van der Waals surface area contributed by atoms with Crippen molar-refractivity contribution in [2.45, 2.75) is 54.4 Å². The number of carbonyl (C=O) groups excluding carboxylic acids is 1. The van der Waals surface area contributed by atoms with Crippen LogP contribution in [0.15, 0.2) is 47.4 Å². The van der Waals surface area contributed by atoms with Crippen molar-refractivity contribution in [2.24, 2.45) is 0 Å². The predicted octanol–water partition coefficient (Wildman–Crippen LogP) is 4.01. The van der Waals surface area contributed by atoms with Crippen LogP contribution >= 0.6 is 15.9 Å². The van der Waals surface area contributed by atoms with Crippen LogP contribution in [0.25, 0.3) is 11.1 Å². The Labute approximate surface area is 211 Å². The molecular weight excluding hydrogens is 518 g/mol. The second-order valence-corrected chi connectivity index (χ2v) is 11.3. The number of likely N-dealkylation sites (N-methyl/N-ethyl adjacent to an activating group) is 1. The summed E-state index contributed by atoms with van der Waals surface area (Å²) in [4.78, 5) is 13.2. The van der Waals surface area contributed by atoms with Crippen molar-refractivity contribution in [2.75, 3.05) is 27.9 Å². The minimum Gasteiger partial charge on any atom is -0.368 e. The van der Waals surface area contributed by atoms with Gasteiger partial charge in [0, 0.05) is 31.6 Å². The molecule has 3 rings (SSSR count). The van der Waals surface area contributed by atoms with Crippen LogP contribution in [0.5, 0.6) is 0 Å². The van der Waals surface area contributed by atoms with Crippen LogP contribution in [-0.2, 0) is 31.4 Å². The molecule has 2 N–H and O–H groups in total. The van der Waals surface area contributed by atoms with Gasteiger partial charge in [0.2, 0.25) is 15.9 Å². The summed E-state index contributed by atoms with van der Waals surface area (Å²) in [6.45, 7) is 0.383. The van der Waals surface area contributed by atoms with E-state index >= 15 is 0 Å². The Morgan fingerprint density at radius 2 is 1.82 bits per heavy atom. The molecule has 34 heavy (non-hydrogen) atoms. The van der Waals surface area contributed by atoms with E-state index in [1.54, 1.807) is 12.1 Å². The quantitative estimate of drug-likeness (QED) is 0.344. The molecule has 0 spiro atoms. The molecule has 0 bridgehead atoms. The molecule has 9 heteroatoms. The second kappa shape index (κ2) is 11.8. The van der Waals surface area contributed by atoms with Crippen molar-refractivity contribution in [3.05, 3.63) is 53.6 Å². The van der Waals surface area contributed by atoms with Gasteiger partial charge in [-0.1, -0.05) is 71.6 Å². The maximum Gasteiger partial charge on any atom is 0.245 e. The van der Waals surface area contributed by atoms with E-state index in [9.17, 15) is 13.2 Å². The number of rotatable bonds is 10. The molecule has 7 nitrogen and oxygen atoms in total. The first-order chi connectivity index (χ1) is 16.3. The molecular formula is C25H34BrN3O4S. The van der Waals surface area contributed by atoms with Crippen molar-refractivity contribution >= 4 is 31.9 Å². The Kier molecular flexibility index (Phi) is 9.28. The van der Waals surface area contributed by atoms with Crippen molar-refractivity contribution in [3.63, 3.8) is 0 Å². The largest absolute Gasteiger partial charge is 0.368 e. The average Bonchev–Trinajstić information content (AvgIpc) is 2.87. The highest BCUT2D eigenvalue weighted by Crippen LogP contribution is 2.33. The van der Waals surface area contributed by atoms with Crippen LogP contribution in [0.3, 0.4) is 0 Å². The summed E-state index contributed by atoms with van der Waals surface area (Å²) in [5.74, 6) is 0.0387. The van der Waals surface area contributed by atoms with E-state index in [0.717, 1.165) is 42.4 Å². The van der Waals surface area contributed by atoms with Gasteiger partial charge in [-0.2, -0.15) is 4.31 Å². The number of ether oxygens (including phenoxy) is 1. The fourth-order valence-corrected chi connectivity index (χ4v) is 6.31. The number of nitrogens with zero attached hydrogens (tertiary/aromatic N) is 1. The zero-order chi connectivity index (χ0) is 24.8. The molecule has 1 aliphatic carbocycles. The van der Waals surface area contributed by atoms with Gasteiger partial charge in [0.05, 0.1) is 10.4 Å². The minimum absolute atomic E-state index is 0.0330. The first-order valence-electron chi connectivity index (χ1n) is 11.5. The molecule has 1 aliphatic rings. The number of benzene rings is 2. The fourth-order valence-electron chi connectivity index (χ4n) is 4.56. The molecule has 0 heterocycles. The second-order valence-electron chi connectivity index (χ2n) is 8.72. The molecule has 0 aliphatic heterocycles. The molecule has 2 aromatic rings. The molecule has 0 radical (unpaired) electrons. The number of nitrogens with one attached hydrogen (secondary N) is 2. The first kappa shape index (κ1) is 26.8. The lowest BCUT2D eigenvalue weighted by Gasteiger charge is -2.35. The minimum atomic E-state index is -3.73. The summed E-state index contributed by atoms with van der Waals surface area (Å²) in [7, 11) is 1.09. The number of methoxy groups -OCH3 is 1. The van der Waals surface area contributed by atoms with Crippen molar-refractivity contribution in [1.29, 1.82) is 0 Å². The maximum absolute atomic E-state index is 13.1. The molecule has 0 unspecified atom stereocenters.